The predicted octanol–water partition coefficient (Wildman–Crippen LogP) is 7.13. The van der Waals surface area contributed by atoms with Gasteiger partial charge in [-0.2, -0.15) is 4.57 Å². The Morgan fingerprint density at radius 1 is 0.833 bits per heavy atom. The summed E-state index contributed by atoms with van der Waals surface area (Å²) in [5, 5.41) is 3.68. The second-order valence-electron chi connectivity index (χ2n) is 9.60. The fourth-order valence-electron chi connectivity index (χ4n) is 4.67. The fraction of sp³-hybridized carbons (Fsp3) is 0.250. The van der Waals surface area contributed by atoms with Gasteiger partial charge in [0.2, 0.25) is 11.2 Å². The van der Waals surface area contributed by atoms with Crippen LogP contribution < -0.4 is 4.57 Å². The number of benzene rings is 3. The second kappa shape index (κ2) is 6.70. The SMILES string of the molecule is Cc1ccc2c(oc3ccccc32)c1-c1cc(CC(C)(C)C)c2ccccc2[n+]1C. The number of fused-ring (bicyclic) bond motifs is 4. The van der Waals surface area contributed by atoms with Gasteiger partial charge in [0.1, 0.15) is 18.2 Å². The highest BCUT2D eigenvalue weighted by molar-refractivity contribution is 6.09. The van der Waals surface area contributed by atoms with E-state index in [0.717, 1.165) is 17.6 Å². The van der Waals surface area contributed by atoms with E-state index in [2.05, 4.69) is 100.0 Å². The zero-order chi connectivity index (χ0) is 21.0. The largest absolute Gasteiger partial charge is 0.455 e. The van der Waals surface area contributed by atoms with Crippen LogP contribution in [0.3, 0.4) is 0 Å². The average molecular weight is 395 g/mol. The van der Waals surface area contributed by atoms with Crippen molar-refractivity contribution in [3.05, 3.63) is 77.9 Å². The van der Waals surface area contributed by atoms with E-state index in [0.29, 0.717) is 0 Å². The molecule has 0 aliphatic heterocycles. The number of aryl methyl sites for hydroxylation is 2. The summed E-state index contributed by atoms with van der Waals surface area (Å²) < 4.78 is 8.73. The van der Waals surface area contributed by atoms with Crippen molar-refractivity contribution in [1.82, 2.24) is 0 Å². The van der Waals surface area contributed by atoms with Gasteiger partial charge in [-0.05, 0) is 42.0 Å². The van der Waals surface area contributed by atoms with Crippen LogP contribution in [0, 0.1) is 12.3 Å². The molecule has 2 heteroatoms. The summed E-state index contributed by atoms with van der Waals surface area (Å²) in [6, 6.07) is 23.8. The van der Waals surface area contributed by atoms with Gasteiger partial charge in [-0.1, -0.05) is 63.2 Å². The standard InChI is InChI=1S/C28H28NO/c1-18-14-15-22-21-11-7-9-13-25(21)30-27(22)26(18)24-16-19(17-28(2,3)4)20-10-6-8-12-23(20)29(24)5/h6-16H,17H2,1-5H3/q+1. The van der Waals surface area contributed by atoms with Gasteiger partial charge in [0, 0.05) is 28.3 Å². The molecule has 0 atom stereocenters. The quantitative estimate of drug-likeness (QED) is 0.291. The molecule has 0 fully saturated rings. The molecule has 0 spiro atoms. The van der Waals surface area contributed by atoms with E-state index in [1.54, 1.807) is 0 Å². The van der Waals surface area contributed by atoms with Crippen LogP contribution in [-0.2, 0) is 13.5 Å². The molecule has 0 bridgehead atoms. The molecule has 5 aromatic rings. The summed E-state index contributed by atoms with van der Waals surface area (Å²) in [5.41, 5.74) is 8.39. The van der Waals surface area contributed by atoms with Crippen LogP contribution in [0.5, 0.6) is 0 Å². The summed E-state index contributed by atoms with van der Waals surface area (Å²) >= 11 is 0. The minimum absolute atomic E-state index is 0.209. The molecule has 0 radical (unpaired) electrons. The molecule has 0 aliphatic carbocycles. The molecule has 0 N–H and O–H groups in total. The van der Waals surface area contributed by atoms with Gasteiger partial charge < -0.3 is 4.42 Å². The van der Waals surface area contributed by atoms with Crippen molar-refractivity contribution in [2.75, 3.05) is 0 Å². The lowest BCUT2D eigenvalue weighted by Crippen LogP contribution is -2.33. The van der Waals surface area contributed by atoms with Crippen LogP contribution in [0.25, 0.3) is 44.1 Å². The molecule has 0 saturated carbocycles. The van der Waals surface area contributed by atoms with Gasteiger partial charge in [0.15, 0.2) is 0 Å². The molecule has 5 rings (SSSR count). The highest BCUT2D eigenvalue weighted by atomic mass is 16.3. The summed E-state index contributed by atoms with van der Waals surface area (Å²) in [7, 11) is 2.17. The maximum atomic E-state index is 6.41. The number of nitrogens with zero attached hydrogens (tertiary/aromatic N) is 1. The Balaban J connectivity index is 1.89. The number of para-hydroxylation sites is 2. The van der Waals surface area contributed by atoms with Crippen molar-refractivity contribution >= 4 is 32.8 Å². The minimum Gasteiger partial charge on any atom is -0.455 e. The third-order valence-electron chi connectivity index (χ3n) is 6.02. The average Bonchev–Trinajstić information content (AvgIpc) is 3.08. The Morgan fingerprint density at radius 2 is 1.53 bits per heavy atom. The highest BCUT2D eigenvalue weighted by Crippen LogP contribution is 2.38. The topological polar surface area (TPSA) is 17.0 Å². The predicted molar refractivity (Wildman–Crippen MR) is 126 cm³/mol. The van der Waals surface area contributed by atoms with Crippen LogP contribution in [0.15, 0.2) is 71.1 Å². The number of hydrogen-bond acceptors (Lipinski definition) is 1. The molecule has 2 heterocycles. The Labute approximate surface area is 177 Å². The summed E-state index contributed by atoms with van der Waals surface area (Å²) in [6.07, 6.45) is 1.02. The van der Waals surface area contributed by atoms with Crippen LogP contribution in [0.4, 0.5) is 0 Å². The molecule has 0 amide bonds. The number of rotatable bonds is 2. The van der Waals surface area contributed by atoms with E-state index >= 15 is 0 Å². The number of aromatic nitrogens is 1. The zero-order valence-electron chi connectivity index (χ0n) is 18.4. The molecular formula is C28H28NO+. The van der Waals surface area contributed by atoms with Gasteiger partial charge in [-0.25, -0.2) is 0 Å². The third kappa shape index (κ3) is 2.99. The van der Waals surface area contributed by atoms with Crippen molar-refractivity contribution in [3.63, 3.8) is 0 Å². The highest BCUT2D eigenvalue weighted by Gasteiger charge is 2.25. The van der Waals surface area contributed by atoms with Crippen molar-refractivity contribution in [1.29, 1.82) is 0 Å². The van der Waals surface area contributed by atoms with E-state index in [9.17, 15) is 0 Å². The van der Waals surface area contributed by atoms with E-state index < -0.39 is 0 Å². The maximum absolute atomic E-state index is 6.41. The van der Waals surface area contributed by atoms with Gasteiger partial charge in [-0.3, -0.25) is 0 Å². The van der Waals surface area contributed by atoms with Gasteiger partial charge >= 0.3 is 0 Å². The summed E-state index contributed by atoms with van der Waals surface area (Å²) in [6.45, 7) is 9.10. The van der Waals surface area contributed by atoms with Crippen molar-refractivity contribution in [3.8, 4) is 11.3 Å². The Hall–Kier alpha value is -3.13. The third-order valence-corrected chi connectivity index (χ3v) is 6.02. The number of pyridine rings is 1. The number of furan rings is 1. The molecule has 3 aromatic carbocycles. The Bertz CT molecular complexity index is 1420. The van der Waals surface area contributed by atoms with E-state index in [1.165, 1.54) is 44.1 Å². The van der Waals surface area contributed by atoms with Crippen LogP contribution in [0.1, 0.15) is 31.9 Å². The molecule has 150 valence electrons. The van der Waals surface area contributed by atoms with Crippen LogP contribution in [0.2, 0.25) is 0 Å². The molecule has 2 aromatic heterocycles. The molecular weight excluding hydrogens is 366 g/mol. The molecule has 0 saturated heterocycles. The summed E-state index contributed by atoms with van der Waals surface area (Å²) in [5.74, 6) is 0. The number of hydrogen-bond donors (Lipinski definition) is 0. The monoisotopic (exact) mass is 394 g/mol. The van der Waals surface area contributed by atoms with Gasteiger partial charge in [0.25, 0.3) is 0 Å². The van der Waals surface area contributed by atoms with Crippen molar-refractivity contribution in [2.24, 2.45) is 12.5 Å². The molecule has 2 nitrogen and oxygen atoms in total. The first kappa shape index (κ1) is 18.9. The van der Waals surface area contributed by atoms with Crippen molar-refractivity contribution in [2.45, 2.75) is 34.1 Å². The Morgan fingerprint density at radius 3 is 2.30 bits per heavy atom. The van der Waals surface area contributed by atoms with Gasteiger partial charge in [-0.15, -0.1) is 0 Å². The minimum atomic E-state index is 0.209. The summed E-state index contributed by atoms with van der Waals surface area (Å²) in [4.78, 5) is 0. The van der Waals surface area contributed by atoms with Gasteiger partial charge in [0.05, 0.1) is 5.56 Å². The first-order valence-corrected chi connectivity index (χ1v) is 10.7. The van der Waals surface area contributed by atoms with Crippen molar-refractivity contribution < 1.29 is 8.98 Å². The van der Waals surface area contributed by atoms with E-state index in [4.69, 9.17) is 4.42 Å². The molecule has 30 heavy (non-hydrogen) atoms. The first-order valence-electron chi connectivity index (χ1n) is 10.7. The van der Waals surface area contributed by atoms with E-state index in [1.807, 2.05) is 6.07 Å². The fourth-order valence-corrected chi connectivity index (χ4v) is 4.67. The Kier molecular flexibility index (Phi) is 4.21. The van der Waals surface area contributed by atoms with Crippen LogP contribution in [-0.4, -0.2) is 0 Å². The lowest BCUT2D eigenvalue weighted by atomic mass is 9.86. The maximum Gasteiger partial charge on any atom is 0.217 e. The smallest absolute Gasteiger partial charge is 0.217 e. The molecule has 0 aliphatic rings. The molecule has 0 unspecified atom stereocenters. The van der Waals surface area contributed by atoms with Crippen LogP contribution >= 0.6 is 0 Å². The normalized spacial score (nSPS) is 12.3. The van der Waals surface area contributed by atoms with E-state index in [-0.39, 0.29) is 5.41 Å². The lowest BCUT2D eigenvalue weighted by molar-refractivity contribution is -0.633. The first-order chi connectivity index (χ1) is 14.3. The lowest BCUT2D eigenvalue weighted by Gasteiger charge is -2.20. The second-order valence-corrected chi connectivity index (χ2v) is 9.60. The zero-order valence-corrected chi connectivity index (χ0v) is 18.4.